The first-order chi connectivity index (χ1) is 7.29. The van der Waals surface area contributed by atoms with Gasteiger partial charge >= 0.3 is 0 Å². The number of methoxy groups -OCH3 is 1. The second-order valence-corrected chi connectivity index (χ2v) is 3.96. The van der Waals surface area contributed by atoms with Crippen molar-refractivity contribution in [3.63, 3.8) is 0 Å². The highest BCUT2D eigenvalue weighted by atomic mass is 16.5. The van der Waals surface area contributed by atoms with Crippen molar-refractivity contribution in [1.82, 2.24) is 5.32 Å². The lowest BCUT2D eigenvalue weighted by molar-refractivity contribution is 0.117. The van der Waals surface area contributed by atoms with Crippen molar-refractivity contribution >= 4 is 0 Å². The SMILES string of the molecule is COc1ccc(C2CC(O)CCN2)cc1. The lowest BCUT2D eigenvalue weighted by Gasteiger charge is -2.27. The Balaban J connectivity index is 2.07. The van der Waals surface area contributed by atoms with E-state index in [4.69, 9.17) is 4.74 Å². The molecule has 0 amide bonds. The first-order valence-electron chi connectivity index (χ1n) is 5.35. The molecule has 1 saturated heterocycles. The number of aliphatic hydroxyl groups is 1. The van der Waals surface area contributed by atoms with Gasteiger partial charge in [0.25, 0.3) is 0 Å². The van der Waals surface area contributed by atoms with Crippen molar-refractivity contribution in [2.75, 3.05) is 13.7 Å². The van der Waals surface area contributed by atoms with E-state index in [9.17, 15) is 5.11 Å². The van der Waals surface area contributed by atoms with Gasteiger partial charge in [0.2, 0.25) is 0 Å². The highest BCUT2D eigenvalue weighted by Crippen LogP contribution is 2.24. The third-order valence-electron chi connectivity index (χ3n) is 2.89. The van der Waals surface area contributed by atoms with Crippen LogP contribution in [0.4, 0.5) is 0 Å². The largest absolute Gasteiger partial charge is 0.497 e. The Morgan fingerprint density at radius 3 is 2.67 bits per heavy atom. The lowest BCUT2D eigenvalue weighted by Crippen LogP contribution is -2.34. The molecule has 3 heteroatoms. The number of hydrogen-bond donors (Lipinski definition) is 2. The smallest absolute Gasteiger partial charge is 0.118 e. The zero-order valence-corrected chi connectivity index (χ0v) is 8.94. The molecular weight excluding hydrogens is 190 g/mol. The molecule has 1 aliphatic rings. The predicted octanol–water partition coefficient (Wildman–Crippen LogP) is 1.48. The molecule has 15 heavy (non-hydrogen) atoms. The summed E-state index contributed by atoms with van der Waals surface area (Å²) in [5.74, 6) is 0.870. The quantitative estimate of drug-likeness (QED) is 0.772. The van der Waals surface area contributed by atoms with Gasteiger partial charge in [0, 0.05) is 6.04 Å². The summed E-state index contributed by atoms with van der Waals surface area (Å²) in [6.07, 6.45) is 1.48. The van der Waals surface area contributed by atoms with Crippen molar-refractivity contribution in [3.05, 3.63) is 29.8 Å². The highest BCUT2D eigenvalue weighted by molar-refractivity contribution is 5.29. The van der Waals surface area contributed by atoms with Crippen LogP contribution in [-0.2, 0) is 0 Å². The topological polar surface area (TPSA) is 41.5 Å². The number of nitrogens with one attached hydrogen (secondary N) is 1. The maximum Gasteiger partial charge on any atom is 0.118 e. The predicted molar refractivity (Wildman–Crippen MR) is 59.0 cm³/mol. The van der Waals surface area contributed by atoms with Crippen LogP contribution < -0.4 is 10.1 Å². The molecule has 0 aliphatic carbocycles. The summed E-state index contributed by atoms with van der Waals surface area (Å²) in [5, 5.41) is 13.0. The molecule has 1 aliphatic heterocycles. The second-order valence-electron chi connectivity index (χ2n) is 3.96. The van der Waals surface area contributed by atoms with Gasteiger partial charge in [-0.15, -0.1) is 0 Å². The van der Waals surface area contributed by atoms with Gasteiger partial charge in [0.1, 0.15) is 5.75 Å². The van der Waals surface area contributed by atoms with Crippen LogP contribution in [-0.4, -0.2) is 24.9 Å². The van der Waals surface area contributed by atoms with Gasteiger partial charge in [-0.2, -0.15) is 0 Å². The molecule has 1 fully saturated rings. The number of aliphatic hydroxyl groups excluding tert-OH is 1. The molecule has 2 atom stereocenters. The maximum atomic E-state index is 9.58. The van der Waals surface area contributed by atoms with Crippen LogP contribution in [0.25, 0.3) is 0 Å². The second kappa shape index (κ2) is 4.64. The molecule has 0 saturated carbocycles. The van der Waals surface area contributed by atoms with Crippen molar-refractivity contribution in [2.24, 2.45) is 0 Å². The number of hydrogen-bond acceptors (Lipinski definition) is 3. The van der Waals surface area contributed by atoms with Gasteiger partial charge in [-0.3, -0.25) is 0 Å². The first-order valence-corrected chi connectivity index (χ1v) is 5.35. The first kappa shape index (κ1) is 10.5. The maximum absolute atomic E-state index is 9.58. The Bertz CT molecular complexity index is 310. The van der Waals surface area contributed by atoms with Gasteiger partial charge in [-0.05, 0) is 37.1 Å². The summed E-state index contributed by atoms with van der Waals surface area (Å²) >= 11 is 0. The van der Waals surface area contributed by atoms with Gasteiger partial charge < -0.3 is 15.2 Å². The Morgan fingerprint density at radius 2 is 2.07 bits per heavy atom. The van der Waals surface area contributed by atoms with Crippen molar-refractivity contribution in [2.45, 2.75) is 25.0 Å². The molecule has 0 spiro atoms. The van der Waals surface area contributed by atoms with E-state index in [-0.39, 0.29) is 12.1 Å². The molecule has 1 aromatic carbocycles. The molecule has 2 rings (SSSR count). The van der Waals surface area contributed by atoms with E-state index in [1.165, 1.54) is 5.56 Å². The van der Waals surface area contributed by atoms with E-state index in [0.29, 0.717) is 0 Å². The third-order valence-corrected chi connectivity index (χ3v) is 2.89. The van der Waals surface area contributed by atoms with Gasteiger partial charge in [-0.25, -0.2) is 0 Å². The van der Waals surface area contributed by atoms with Crippen LogP contribution in [0.1, 0.15) is 24.4 Å². The van der Waals surface area contributed by atoms with Crippen LogP contribution in [0, 0.1) is 0 Å². The minimum Gasteiger partial charge on any atom is -0.497 e. The van der Waals surface area contributed by atoms with Gasteiger partial charge in [-0.1, -0.05) is 12.1 Å². The van der Waals surface area contributed by atoms with E-state index >= 15 is 0 Å². The fourth-order valence-corrected chi connectivity index (χ4v) is 1.99. The fourth-order valence-electron chi connectivity index (χ4n) is 1.99. The van der Waals surface area contributed by atoms with E-state index in [1.807, 2.05) is 12.1 Å². The van der Waals surface area contributed by atoms with Crippen LogP contribution in [0.2, 0.25) is 0 Å². The molecule has 0 bridgehead atoms. The summed E-state index contributed by atoms with van der Waals surface area (Å²) in [6.45, 7) is 0.887. The fraction of sp³-hybridized carbons (Fsp3) is 0.500. The average molecular weight is 207 g/mol. The molecule has 3 nitrogen and oxygen atoms in total. The standard InChI is InChI=1S/C12H17NO2/c1-15-11-4-2-9(3-5-11)12-8-10(14)6-7-13-12/h2-5,10,12-14H,6-8H2,1H3. The van der Waals surface area contributed by atoms with Crippen LogP contribution in [0.3, 0.4) is 0 Å². The Kier molecular flexibility index (Phi) is 3.23. The summed E-state index contributed by atoms with van der Waals surface area (Å²) in [4.78, 5) is 0. The van der Waals surface area contributed by atoms with Crippen molar-refractivity contribution < 1.29 is 9.84 Å². The normalized spacial score (nSPS) is 26.3. The highest BCUT2D eigenvalue weighted by Gasteiger charge is 2.20. The molecule has 2 N–H and O–H groups in total. The van der Waals surface area contributed by atoms with Crippen LogP contribution in [0.5, 0.6) is 5.75 Å². The lowest BCUT2D eigenvalue weighted by atomic mass is 9.95. The summed E-state index contributed by atoms with van der Waals surface area (Å²) in [7, 11) is 1.66. The summed E-state index contributed by atoms with van der Waals surface area (Å²) in [5.41, 5.74) is 1.22. The Hall–Kier alpha value is -1.06. The molecule has 82 valence electrons. The van der Waals surface area contributed by atoms with Gasteiger partial charge in [0.15, 0.2) is 0 Å². The van der Waals surface area contributed by atoms with E-state index in [0.717, 1.165) is 25.1 Å². The number of benzene rings is 1. The molecule has 0 radical (unpaired) electrons. The zero-order chi connectivity index (χ0) is 10.7. The molecule has 1 heterocycles. The van der Waals surface area contributed by atoms with E-state index < -0.39 is 0 Å². The zero-order valence-electron chi connectivity index (χ0n) is 8.94. The summed E-state index contributed by atoms with van der Waals surface area (Å²) < 4.78 is 5.11. The average Bonchev–Trinajstić information content (AvgIpc) is 2.29. The Morgan fingerprint density at radius 1 is 1.33 bits per heavy atom. The third kappa shape index (κ3) is 2.49. The van der Waals surface area contributed by atoms with E-state index in [2.05, 4.69) is 17.4 Å². The minimum absolute atomic E-state index is 0.168. The van der Waals surface area contributed by atoms with Crippen molar-refractivity contribution in [1.29, 1.82) is 0 Å². The van der Waals surface area contributed by atoms with E-state index in [1.54, 1.807) is 7.11 Å². The number of piperidine rings is 1. The molecular formula is C12H17NO2. The minimum atomic E-state index is -0.168. The van der Waals surface area contributed by atoms with Gasteiger partial charge in [0.05, 0.1) is 13.2 Å². The Labute approximate surface area is 90.1 Å². The molecule has 2 unspecified atom stereocenters. The van der Waals surface area contributed by atoms with Crippen LogP contribution >= 0.6 is 0 Å². The molecule has 1 aromatic rings. The molecule has 0 aromatic heterocycles. The monoisotopic (exact) mass is 207 g/mol. The van der Waals surface area contributed by atoms with Crippen molar-refractivity contribution in [3.8, 4) is 5.75 Å². The number of ether oxygens (including phenoxy) is 1. The summed E-state index contributed by atoms with van der Waals surface area (Å²) in [6, 6.07) is 8.29. The van der Waals surface area contributed by atoms with Crippen LogP contribution in [0.15, 0.2) is 24.3 Å². The number of rotatable bonds is 2.